The van der Waals surface area contributed by atoms with Gasteiger partial charge in [-0.3, -0.25) is 25.0 Å². The molecule has 4 aliphatic carbocycles. The lowest BCUT2D eigenvalue weighted by molar-refractivity contribution is -0.395. The Kier molecular flexibility index (Phi) is 3.98. The molecule has 27 heavy (non-hydrogen) atoms. The quantitative estimate of drug-likeness (QED) is 0.439. The molecule has 0 amide bonds. The number of nitro groups is 2. The molecule has 0 saturated heterocycles. The highest BCUT2D eigenvalue weighted by Crippen LogP contribution is 2.67. The largest absolute Gasteiger partial charge is 0.469 e. The van der Waals surface area contributed by atoms with Crippen molar-refractivity contribution in [2.45, 2.75) is 50.4 Å². The molecule has 0 aromatic heterocycles. The van der Waals surface area contributed by atoms with E-state index in [9.17, 15) is 25.0 Å². The Morgan fingerprint density at radius 3 is 2.37 bits per heavy atom. The molecule has 4 aliphatic rings. The van der Waals surface area contributed by atoms with Gasteiger partial charge < -0.3 is 4.74 Å². The highest BCUT2D eigenvalue weighted by Gasteiger charge is 2.60. The van der Waals surface area contributed by atoms with E-state index in [-0.39, 0.29) is 28.2 Å². The molecule has 2 atom stereocenters. The van der Waals surface area contributed by atoms with Crippen LogP contribution in [0.1, 0.15) is 50.5 Å². The van der Waals surface area contributed by atoms with Crippen molar-refractivity contribution >= 4 is 17.3 Å². The Labute approximate surface area is 156 Å². The molecule has 8 nitrogen and oxygen atoms in total. The molecule has 8 heteroatoms. The minimum atomic E-state index is -0.602. The zero-order valence-electron chi connectivity index (χ0n) is 15.2. The summed E-state index contributed by atoms with van der Waals surface area (Å²) in [5, 5.41) is 22.8. The van der Waals surface area contributed by atoms with Gasteiger partial charge in [-0.05, 0) is 61.8 Å². The van der Waals surface area contributed by atoms with Crippen molar-refractivity contribution in [3.8, 4) is 0 Å². The van der Waals surface area contributed by atoms with Gasteiger partial charge in [0.15, 0.2) is 0 Å². The first-order valence-corrected chi connectivity index (χ1v) is 9.26. The number of hydrogen-bond donors (Lipinski definition) is 0. The van der Waals surface area contributed by atoms with Crippen LogP contribution in [0.5, 0.6) is 0 Å². The second-order valence-corrected chi connectivity index (χ2v) is 8.71. The van der Waals surface area contributed by atoms with Crippen LogP contribution in [0, 0.1) is 37.5 Å². The number of hydrogen-bond acceptors (Lipinski definition) is 6. The van der Waals surface area contributed by atoms with Crippen LogP contribution in [-0.2, 0) is 14.9 Å². The van der Waals surface area contributed by atoms with Gasteiger partial charge in [-0.2, -0.15) is 0 Å². The number of non-ortho nitro benzene ring substituents is 1. The smallest absolute Gasteiger partial charge is 0.306 e. The molecule has 0 spiro atoms. The van der Waals surface area contributed by atoms with Crippen LogP contribution in [0.4, 0.5) is 11.4 Å². The van der Waals surface area contributed by atoms with E-state index in [1.807, 2.05) is 0 Å². The highest BCUT2D eigenvalue weighted by atomic mass is 16.6. The van der Waals surface area contributed by atoms with Crippen LogP contribution in [0.25, 0.3) is 0 Å². The normalized spacial score (nSPS) is 33.7. The first kappa shape index (κ1) is 17.9. The lowest BCUT2D eigenvalue weighted by Crippen LogP contribution is -2.54. The number of carbonyl (C=O) groups excluding carboxylic acids is 1. The van der Waals surface area contributed by atoms with Crippen LogP contribution >= 0.6 is 0 Å². The van der Waals surface area contributed by atoms with Crippen LogP contribution in [0.2, 0.25) is 0 Å². The molecule has 1 aromatic carbocycles. The number of nitrogens with zero attached hydrogens (tertiary/aromatic N) is 2. The molecular weight excluding hydrogens is 352 g/mol. The molecule has 0 aliphatic heterocycles. The van der Waals surface area contributed by atoms with Gasteiger partial charge in [-0.15, -0.1) is 0 Å². The Balaban J connectivity index is 1.78. The predicted molar refractivity (Wildman–Crippen MR) is 95.2 cm³/mol. The maximum Gasteiger partial charge on any atom is 0.306 e. The fraction of sp³-hybridized carbons (Fsp3) is 0.632. The lowest BCUT2D eigenvalue weighted by Gasteiger charge is -2.62. The van der Waals surface area contributed by atoms with Crippen molar-refractivity contribution in [1.29, 1.82) is 0 Å². The first-order valence-electron chi connectivity index (χ1n) is 9.26. The van der Waals surface area contributed by atoms with E-state index in [1.165, 1.54) is 13.2 Å². The van der Waals surface area contributed by atoms with Gasteiger partial charge in [0, 0.05) is 17.0 Å². The van der Waals surface area contributed by atoms with E-state index in [0.29, 0.717) is 30.2 Å². The second-order valence-electron chi connectivity index (χ2n) is 8.71. The summed E-state index contributed by atoms with van der Waals surface area (Å²) in [5.74, 6) is 0.640. The SMILES string of the molecule is COC(=O)CC12CC3CC(C1)CC(c1ccc([N+](=O)[O-])cc1[N+](=O)[O-])(C3)C2. The van der Waals surface area contributed by atoms with E-state index in [4.69, 9.17) is 4.74 Å². The molecule has 2 unspecified atom stereocenters. The third-order valence-corrected chi connectivity index (χ3v) is 6.89. The molecule has 0 heterocycles. The second kappa shape index (κ2) is 6.00. The Hall–Kier alpha value is -2.51. The van der Waals surface area contributed by atoms with Crippen LogP contribution in [0.3, 0.4) is 0 Å². The topological polar surface area (TPSA) is 113 Å². The molecule has 4 saturated carbocycles. The summed E-state index contributed by atoms with van der Waals surface area (Å²) in [7, 11) is 1.39. The van der Waals surface area contributed by atoms with E-state index >= 15 is 0 Å². The molecular formula is C19H22N2O6. The summed E-state index contributed by atoms with van der Waals surface area (Å²) >= 11 is 0. The standard InChI is InChI=1S/C19H22N2O6/c1-27-17(22)10-18-6-12-4-13(7-18)9-19(8-12,11-18)15-3-2-14(20(23)24)5-16(15)21(25)26/h2-3,5,12-13H,4,6-11H2,1H3. The van der Waals surface area contributed by atoms with Crippen molar-refractivity contribution < 1.29 is 19.4 Å². The third kappa shape index (κ3) is 2.87. The van der Waals surface area contributed by atoms with Crippen molar-refractivity contribution in [3.05, 3.63) is 44.0 Å². The Bertz CT molecular complexity index is 821. The fourth-order valence-corrected chi connectivity index (χ4v) is 6.59. The minimum absolute atomic E-state index is 0.167. The van der Waals surface area contributed by atoms with E-state index in [2.05, 4.69) is 0 Å². The Morgan fingerprint density at radius 2 is 1.81 bits per heavy atom. The fourth-order valence-electron chi connectivity index (χ4n) is 6.59. The summed E-state index contributed by atoms with van der Waals surface area (Å²) in [6, 6.07) is 4.03. The number of benzene rings is 1. The van der Waals surface area contributed by atoms with Crippen LogP contribution in [0.15, 0.2) is 18.2 Å². The van der Waals surface area contributed by atoms with Crippen molar-refractivity contribution in [1.82, 2.24) is 0 Å². The summed E-state index contributed by atoms with van der Waals surface area (Å²) < 4.78 is 4.91. The van der Waals surface area contributed by atoms with Gasteiger partial charge in [0.25, 0.3) is 11.4 Å². The molecule has 4 bridgehead atoms. The Morgan fingerprint density at radius 1 is 1.15 bits per heavy atom. The highest BCUT2D eigenvalue weighted by molar-refractivity contribution is 5.70. The van der Waals surface area contributed by atoms with E-state index in [1.54, 1.807) is 6.07 Å². The third-order valence-electron chi connectivity index (χ3n) is 6.89. The number of methoxy groups -OCH3 is 1. The maximum absolute atomic E-state index is 12.0. The average Bonchev–Trinajstić information content (AvgIpc) is 2.59. The average molecular weight is 374 g/mol. The first-order chi connectivity index (χ1) is 12.8. The minimum Gasteiger partial charge on any atom is -0.469 e. The molecule has 144 valence electrons. The monoisotopic (exact) mass is 374 g/mol. The number of carbonyl (C=O) groups is 1. The van der Waals surface area contributed by atoms with Crippen molar-refractivity contribution in [2.24, 2.45) is 17.3 Å². The van der Waals surface area contributed by atoms with Gasteiger partial charge in [-0.25, -0.2) is 0 Å². The number of esters is 1. The number of ether oxygens (including phenoxy) is 1. The summed E-state index contributed by atoms with van der Waals surface area (Å²) in [6.07, 6.45) is 5.78. The van der Waals surface area contributed by atoms with Crippen molar-refractivity contribution in [2.75, 3.05) is 7.11 Å². The summed E-state index contributed by atoms with van der Waals surface area (Å²) in [5.41, 5.74) is -0.386. The molecule has 4 fully saturated rings. The summed E-state index contributed by atoms with van der Waals surface area (Å²) in [6.45, 7) is 0. The van der Waals surface area contributed by atoms with Gasteiger partial charge in [-0.1, -0.05) is 0 Å². The zero-order chi connectivity index (χ0) is 19.4. The molecule has 0 radical (unpaired) electrons. The van der Waals surface area contributed by atoms with Gasteiger partial charge >= 0.3 is 5.97 Å². The van der Waals surface area contributed by atoms with Crippen LogP contribution in [-0.4, -0.2) is 22.9 Å². The van der Waals surface area contributed by atoms with Gasteiger partial charge in [0.2, 0.25) is 0 Å². The molecule has 5 rings (SSSR count). The van der Waals surface area contributed by atoms with E-state index < -0.39 is 9.85 Å². The molecule has 0 N–H and O–H groups in total. The van der Waals surface area contributed by atoms with E-state index in [0.717, 1.165) is 38.2 Å². The van der Waals surface area contributed by atoms with Crippen LogP contribution < -0.4 is 0 Å². The van der Waals surface area contributed by atoms with Crippen molar-refractivity contribution in [3.63, 3.8) is 0 Å². The molecule has 1 aromatic rings. The zero-order valence-corrected chi connectivity index (χ0v) is 15.2. The predicted octanol–water partition coefficient (Wildman–Crippen LogP) is 3.90. The lowest BCUT2D eigenvalue weighted by atomic mass is 9.42. The summed E-state index contributed by atoms with van der Waals surface area (Å²) in [4.78, 5) is 33.7. The number of nitro benzene ring substituents is 2. The van der Waals surface area contributed by atoms with Gasteiger partial charge in [0.05, 0.1) is 29.4 Å². The number of rotatable bonds is 5. The maximum atomic E-state index is 12.0. The van der Waals surface area contributed by atoms with Gasteiger partial charge in [0.1, 0.15) is 0 Å².